The second-order valence-corrected chi connectivity index (χ2v) is 8.68. The van der Waals surface area contributed by atoms with Crippen LogP contribution in [0.25, 0.3) is 11.0 Å². The van der Waals surface area contributed by atoms with Crippen LogP contribution >= 0.6 is 0 Å². The van der Waals surface area contributed by atoms with Gasteiger partial charge in [0.1, 0.15) is 17.1 Å². The number of nitrogens with zero attached hydrogens (tertiary/aromatic N) is 2. The van der Waals surface area contributed by atoms with Crippen molar-refractivity contribution in [3.05, 3.63) is 28.8 Å². The quantitative estimate of drug-likeness (QED) is 0.802. The summed E-state index contributed by atoms with van der Waals surface area (Å²) < 4.78 is 26.0. The Labute approximate surface area is 164 Å². The average Bonchev–Trinajstić information content (AvgIpc) is 2.82. The summed E-state index contributed by atoms with van der Waals surface area (Å²) in [7, 11) is 0. The summed E-state index contributed by atoms with van der Waals surface area (Å²) >= 11 is 0. The summed E-state index contributed by atoms with van der Waals surface area (Å²) in [6, 6.07) is 0. The number of halogens is 1. The molecular weight excluding hydrogens is 361 g/mol. The number of aromatic nitrogens is 2. The van der Waals surface area contributed by atoms with Crippen molar-refractivity contribution in [1.29, 1.82) is 0 Å². The zero-order valence-corrected chi connectivity index (χ0v) is 16.8. The number of carbonyl (C=O) groups excluding carboxylic acids is 1. The third-order valence-corrected chi connectivity index (χ3v) is 5.55. The molecule has 0 atom stereocenters. The van der Waals surface area contributed by atoms with Crippen LogP contribution in [0.3, 0.4) is 0 Å². The molecule has 0 radical (unpaired) electrons. The van der Waals surface area contributed by atoms with Crippen LogP contribution < -0.4 is 0 Å². The van der Waals surface area contributed by atoms with Crippen molar-refractivity contribution in [3.63, 3.8) is 0 Å². The SMILES string of the molecule is CC(C)(C)OC(=O)N1CCC(c2c(F)cnc3[nH]c4c(c23)CCOCC4)CC1. The van der Waals surface area contributed by atoms with E-state index in [-0.39, 0.29) is 17.8 Å². The zero-order chi connectivity index (χ0) is 19.9. The number of rotatable bonds is 1. The number of hydrogen-bond acceptors (Lipinski definition) is 4. The lowest BCUT2D eigenvalue weighted by atomic mass is 9.86. The van der Waals surface area contributed by atoms with Crippen molar-refractivity contribution in [3.8, 4) is 0 Å². The topological polar surface area (TPSA) is 67.5 Å². The highest BCUT2D eigenvalue weighted by Gasteiger charge is 2.31. The van der Waals surface area contributed by atoms with Gasteiger partial charge in [-0.25, -0.2) is 14.2 Å². The Balaban J connectivity index is 1.59. The van der Waals surface area contributed by atoms with Crippen LogP contribution in [0.4, 0.5) is 9.18 Å². The number of ether oxygens (including phenoxy) is 2. The Morgan fingerprint density at radius 1 is 1.29 bits per heavy atom. The van der Waals surface area contributed by atoms with Crippen molar-refractivity contribution in [2.75, 3.05) is 26.3 Å². The van der Waals surface area contributed by atoms with E-state index in [9.17, 15) is 9.18 Å². The Kier molecular flexibility index (Phi) is 5.04. The van der Waals surface area contributed by atoms with E-state index < -0.39 is 5.60 Å². The monoisotopic (exact) mass is 389 g/mol. The third kappa shape index (κ3) is 3.72. The molecule has 0 spiro atoms. The van der Waals surface area contributed by atoms with Gasteiger partial charge in [-0.1, -0.05) is 0 Å². The molecular formula is C21H28FN3O3. The van der Waals surface area contributed by atoms with Crippen LogP contribution in [0.1, 0.15) is 56.4 Å². The first-order valence-electron chi connectivity index (χ1n) is 10.1. The summed E-state index contributed by atoms with van der Waals surface area (Å²) in [6.45, 7) is 8.04. The molecule has 2 aliphatic rings. The summed E-state index contributed by atoms with van der Waals surface area (Å²) in [5, 5.41) is 0.927. The van der Waals surface area contributed by atoms with Gasteiger partial charge in [-0.05, 0) is 51.5 Å². The molecule has 0 bridgehead atoms. The number of amides is 1. The Hall–Kier alpha value is -2.15. The van der Waals surface area contributed by atoms with Crippen molar-refractivity contribution >= 4 is 17.1 Å². The fraction of sp³-hybridized carbons (Fsp3) is 0.619. The highest BCUT2D eigenvalue weighted by Crippen LogP contribution is 2.37. The smallest absolute Gasteiger partial charge is 0.410 e. The number of pyridine rings is 1. The third-order valence-electron chi connectivity index (χ3n) is 5.55. The molecule has 6 nitrogen and oxygen atoms in total. The highest BCUT2D eigenvalue weighted by molar-refractivity contribution is 5.86. The van der Waals surface area contributed by atoms with E-state index in [4.69, 9.17) is 9.47 Å². The summed E-state index contributed by atoms with van der Waals surface area (Å²) in [5.74, 6) is -0.191. The maximum atomic E-state index is 14.9. The fourth-order valence-electron chi connectivity index (χ4n) is 4.29. The number of H-pyrrole nitrogens is 1. The van der Waals surface area contributed by atoms with Crippen LogP contribution in [-0.2, 0) is 22.3 Å². The van der Waals surface area contributed by atoms with Gasteiger partial charge in [0.15, 0.2) is 0 Å². The molecule has 1 fully saturated rings. The number of aromatic amines is 1. The molecule has 28 heavy (non-hydrogen) atoms. The Morgan fingerprint density at radius 2 is 2.00 bits per heavy atom. The van der Waals surface area contributed by atoms with Crippen LogP contribution in [0.2, 0.25) is 0 Å². The molecule has 2 aromatic heterocycles. The van der Waals surface area contributed by atoms with E-state index in [1.807, 2.05) is 20.8 Å². The second-order valence-electron chi connectivity index (χ2n) is 8.68. The molecule has 0 unspecified atom stereocenters. The van der Waals surface area contributed by atoms with E-state index in [1.54, 1.807) is 4.90 Å². The van der Waals surface area contributed by atoms with Gasteiger partial charge in [-0.2, -0.15) is 0 Å². The molecule has 152 valence electrons. The number of nitrogens with one attached hydrogen (secondary N) is 1. The molecule has 1 N–H and O–H groups in total. The van der Waals surface area contributed by atoms with E-state index >= 15 is 0 Å². The van der Waals surface area contributed by atoms with Gasteiger partial charge in [-0.3, -0.25) is 0 Å². The van der Waals surface area contributed by atoms with Crippen LogP contribution in [0, 0.1) is 5.82 Å². The molecule has 7 heteroatoms. The maximum absolute atomic E-state index is 14.9. The summed E-state index contributed by atoms with van der Waals surface area (Å²) in [4.78, 5) is 21.7. The van der Waals surface area contributed by atoms with Crippen molar-refractivity contribution in [1.82, 2.24) is 14.9 Å². The standard InChI is InChI=1S/C21H28FN3O3/c1-21(2,3)28-20(26)25-8-4-13(5-9-25)17-15(22)12-23-19-18(17)14-6-10-27-11-7-16(14)24-19/h12-13H,4-11H2,1-3H3,(H,23,24). The lowest BCUT2D eigenvalue weighted by molar-refractivity contribution is 0.0204. The lowest BCUT2D eigenvalue weighted by Gasteiger charge is -2.34. The number of hydrogen-bond donors (Lipinski definition) is 1. The molecule has 1 amide bonds. The minimum absolute atomic E-state index is 0.0632. The van der Waals surface area contributed by atoms with E-state index in [0.717, 1.165) is 40.7 Å². The van der Waals surface area contributed by atoms with Crippen LogP contribution in [0.5, 0.6) is 0 Å². The Morgan fingerprint density at radius 3 is 2.71 bits per heavy atom. The number of likely N-dealkylation sites (tertiary alicyclic amines) is 1. The first-order valence-corrected chi connectivity index (χ1v) is 10.1. The molecule has 0 aromatic carbocycles. The van der Waals surface area contributed by atoms with Gasteiger partial charge in [0.2, 0.25) is 0 Å². The minimum atomic E-state index is -0.512. The molecule has 0 aliphatic carbocycles. The first kappa shape index (κ1) is 19.2. The van der Waals surface area contributed by atoms with E-state index in [0.29, 0.717) is 39.1 Å². The van der Waals surface area contributed by atoms with Crippen LogP contribution in [-0.4, -0.2) is 52.9 Å². The van der Waals surface area contributed by atoms with Gasteiger partial charge in [-0.15, -0.1) is 0 Å². The normalized spacial score (nSPS) is 18.8. The average molecular weight is 389 g/mol. The predicted molar refractivity (Wildman–Crippen MR) is 104 cm³/mol. The van der Waals surface area contributed by atoms with Gasteiger partial charge in [0.25, 0.3) is 0 Å². The lowest BCUT2D eigenvalue weighted by Crippen LogP contribution is -2.41. The summed E-state index contributed by atoms with van der Waals surface area (Å²) in [5.41, 5.74) is 3.25. The summed E-state index contributed by atoms with van der Waals surface area (Å²) in [6.07, 6.45) is 4.02. The molecule has 4 rings (SSSR count). The number of fused-ring (bicyclic) bond motifs is 3. The predicted octanol–water partition coefficient (Wildman–Crippen LogP) is 3.93. The maximum Gasteiger partial charge on any atom is 0.410 e. The fourth-order valence-corrected chi connectivity index (χ4v) is 4.29. The largest absolute Gasteiger partial charge is 0.444 e. The van der Waals surface area contributed by atoms with E-state index in [2.05, 4.69) is 9.97 Å². The Bertz CT molecular complexity index is 879. The zero-order valence-electron chi connectivity index (χ0n) is 16.8. The van der Waals surface area contributed by atoms with Gasteiger partial charge in [0.05, 0.1) is 19.4 Å². The van der Waals surface area contributed by atoms with Gasteiger partial charge >= 0.3 is 6.09 Å². The first-order chi connectivity index (χ1) is 13.3. The number of carbonyl (C=O) groups is 1. The molecule has 0 saturated carbocycles. The molecule has 2 aromatic rings. The number of piperidine rings is 1. The van der Waals surface area contributed by atoms with Gasteiger partial charge in [0, 0.05) is 36.2 Å². The van der Waals surface area contributed by atoms with E-state index in [1.165, 1.54) is 6.20 Å². The van der Waals surface area contributed by atoms with Gasteiger partial charge < -0.3 is 19.4 Å². The second kappa shape index (κ2) is 7.35. The minimum Gasteiger partial charge on any atom is -0.444 e. The highest BCUT2D eigenvalue weighted by atomic mass is 19.1. The van der Waals surface area contributed by atoms with Crippen LogP contribution in [0.15, 0.2) is 6.20 Å². The van der Waals surface area contributed by atoms with Crippen molar-refractivity contribution in [2.24, 2.45) is 0 Å². The van der Waals surface area contributed by atoms with Crippen molar-refractivity contribution < 1.29 is 18.7 Å². The molecule has 2 aliphatic heterocycles. The molecule has 1 saturated heterocycles. The molecule has 4 heterocycles. The van der Waals surface area contributed by atoms with Crippen molar-refractivity contribution in [2.45, 2.75) is 58.0 Å².